The minimum Gasteiger partial charge on any atom is -0.379 e. The van der Waals surface area contributed by atoms with E-state index in [1.54, 1.807) is 13.3 Å². The molecule has 0 aliphatic carbocycles. The highest BCUT2D eigenvalue weighted by Crippen LogP contribution is 2.24. The molecule has 96 valence electrons. The van der Waals surface area contributed by atoms with Crippen LogP contribution >= 0.6 is 0 Å². The fraction of sp³-hybridized carbons (Fsp3) is 0.615. The van der Waals surface area contributed by atoms with E-state index in [4.69, 9.17) is 4.74 Å². The average molecular weight is 240 g/mol. The van der Waals surface area contributed by atoms with Crippen molar-refractivity contribution >= 4 is 0 Å². The molecular formula is C13H21FN2O. The van der Waals surface area contributed by atoms with Crippen molar-refractivity contribution in [3.8, 4) is 0 Å². The number of halogens is 1. The van der Waals surface area contributed by atoms with Gasteiger partial charge in [-0.2, -0.15) is 0 Å². The van der Waals surface area contributed by atoms with E-state index in [1.165, 1.54) is 12.3 Å². The first kappa shape index (κ1) is 14.1. The number of hydrogen-bond donors (Lipinski definition) is 1. The molecule has 0 saturated carbocycles. The molecular weight excluding hydrogens is 219 g/mol. The van der Waals surface area contributed by atoms with Gasteiger partial charge in [0.2, 0.25) is 0 Å². The summed E-state index contributed by atoms with van der Waals surface area (Å²) in [5.41, 5.74) is 0.826. The topological polar surface area (TPSA) is 34.2 Å². The number of nitrogens with one attached hydrogen (secondary N) is 1. The van der Waals surface area contributed by atoms with Crippen molar-refractivity contribution in [2.24, 2.45) is 5.92 Å². The van der Waals surface area contributed by atoms with Crippen LogP contribution in [0.5, 0.6) is 0 Å². The quantitative estimate of drug-likeness (QED) is 0.829. The highest BCUT2D eigenvalue weighted by molar-refractivity contribution is 5.17. The van der Waals surface area contributed by atoms with Crippen LogP contribution in [0.15, 0.2) is 18.5 Å². The van der Waals surface area contributed by atoms with Crippen LogP contribution in [0.25, 0.3) is 0 Å². The van der Waals surface area contributed by atoms with E-state index in [9.17, 15) is 4.39 Å². The van der Waals surface area contributed by atoms with E-state index >= 15 is 0 Å². The van der Waals surface area contributed by atoms with Gasteiger partial charge in [-0.15, -0.1) is 0 Å². The van der Waals surface area contributed by atoms with E-state index in [2.05, 4.69) is 24.1 Å². The second-order valence-corrected chi connectivity index (χ2v) is 4.42. The van der Waals surface area contributed by atoms with Crippen molar-refractivity contribution in [3.63, 3.8) is 0 Å². The Morgan fingerprint density at radius 1 is 1.41 bits per heavy atom. The predicted octanol–water partition coefficient (Wildman–Crippen LogP) is 2.54. The van der Waals surface area contributed by atoms with Crippen LogP contribution in [0.4, 0.5) is 4.39 Å². The van der Waals surface area contributed by atoms with Crippen LogP contribution in [0, 0.1) is 11.7 Å². The van der Waals surface area contributed by atoms with Crippen molar-refractivity contribution in [2.75, 3.05) is 13.7 Å². The number of pyridine rings is 1. The number of hydrogen-bond acceptors (Lipinski definition) is 3. The molecule has 0 saturated heterocycles. The summed E-state index contributed by atoms with van der Waals surface area (Å²) in [6.45, 7) is 7.00. The molecule has 0 fully saturated rings. The molecule has 2 atom stereocenters. The number of aromatic nitrogens is 1. The van der Waals surface area contributed by atoms with Crippen LogP contribution in [0.1, 0.15) is 32.4 Å². The number of methoxy groups -OCH3 is 1. The minimum absolute atomic E-state index is 0.00134. The van der Waals surface area contributed by atoms with Gasteiger partial charge in [-0.1, -0.05) is 20.8 Å². The normalized spacial score (nSPS) is 14.9. The zero-order valence-corrected chi connectivity index (χ0v) is 10.9. The van der Waals surface area contributed by atoms with Crippen LogP contribution in [0.3, 0.4) is 0 Å². The first-order valence-electron chi connectivity index (χ1n) is 5.96. The summed E-state index contributed by atoms with van der Waals surface area (Å²) in [6, 6.07) is 1.47. The maximum atomic E-state index is 13.2. The Morgan fingerprint density at radius 3 is 2.59 bits per heavy atom. The highest BCUT2D eigenvalue weighted by atomic mass is 19.1. The van der Waals surface area contributed by atoms with Crippen LogP contribution < -0.4 is 5.32 Å². The third kappa shape index (κ3) is 3.75. The second-order valence-electron chi connectivity index (χ2n) is 4.42. The van der Waals surface area contributed by atoms with Gasteiger partial charge < -0.3 is 10.1 Å². The first-order chi connectivity index (χ1) is 8.10. The van der Waals surface area contributed by atoms with Crippen molar-refractivity contribution in [1.82, 2.24) is 10.3 Å². The van der Waals surface area contributed by atoms with Crippen molar-refractivity contribution in [1.29, 1.82) is 0 Å². The Morgan fingerprint density at radius 2 is 2.12 bits per heavy atom. The summed E-state index contributed by atoms with van der Waals surface area (Å²) in [4.78, 5) is 3.89. The minimum atomic E-state index is -0.316. The smallest absolute Gasteiger partial charge is 0.141 e. The number of ether oxygens (including phenoxy) is 1. The van der Waals surface area contributed by atoms with Gasteiger partial charge in [0.15, 0.2) is 0 Å². The Hall–Kier alpha value is -1.00. The molecule has 4 heteroatoms. The molecule has 2 unspecified atom stereocenters. The lowest BCUT2D eigenvalue weighted by Crippen LogP contribution is -2.36. The maximum Gasteiger partial charge on any atom is 0.141 e. The zero-order chi connectivity index (χ0) is 12.8. The number of nitrogens with zero attached hydrogens (tertiary/aromatic N) is 1. The molecule has 1 rings (SSSR count). The Kier molecular flexibility index (Phi) is 5.51. The number of likely N-dealkylation sites (N-methyl/N-ethyl adjacent to an activating group) is 1. The molecule has 0 radical (unpaired) electrons. The van der Waals surface area contributed by atoms with Crippen molar-refractivity contribution < 1.29 is 9.13 Å². The van der Waals surface area contributed by atoms with Gasteiger partial charge in [0.1, 0.15) is 5.82 Å². The maximum absolute atomic E-state index is 13.2. The monoisotopic (exact) mass is 240 g/mol. The molecule has 0 aliphatic rings. The Bertz CT molecular complexity index is 344. The summed E-state index contributed by atoms with van der Waals surface area (Å²) in [7, 11) is 1.68. The van der Waals surface area contributed by atoms with Gasteiger partial charge in [-0.25, -0.2) is 4.39 Å². The summed E-state index contributed by atoms with van der Waals surface area (Å²) in [6.07, 6.45) is 2.90. The first-order valence-corrected chi connectivity index (χ1v) is 5.96. The van der Waals surface area contributed by atoms with Gasteiger partial charge in [0.25, 0.3) is 0 Å². The number of rotatable bonds is 6. The standard InChI is InChI=1S/C13H21FN2O/c1-5-16-12(13(17-4)9(2)3)10-6-11(14)8-15-7-10/h6-9,12-13,16H,5H2,1-4H3. The van der Waals surface area contributed by atoms with E-state index in [0.717, 1.165) is 12.1 Å². The lowest BCUT2D eigenvalue weighted by atomic mass is 9.94. The van der Waals surface area contributed by atoms with Gasteiger partial charge in [0, 0.05) is 13.3 Å². The summed E-state index contributed by atoms with van der Waals surface area (Å²) in [5, 5.41) is 3.33. The second kappa shape index (κ2) is 6.67. The van der Waals surface area contributed by atoms with E-state index in [-0.39, 0.29) is 18.0 Å². The molecule has 3 nitrogen and oxygen atoms in total. The highest BCUT2D eigenvalue weighted by Gasteiger charge is 2.25. The zero-order valence-electron chi connectivity index (χ0n) is 10.9. The van der Waals surface area contributed by atoms with E-state index in [1.807, 2.05) is 6.92 Å². The van der Waals surface area contributed by atoms with Crippen LogP contribution in [0.2, 0.25) is 0 Å². The van der Waals surface area contributed by atoms with Crippen LogP contribution in [-0.2, 0) is 4.74 Å². The Labute approximate surface area is 102 Å². The third-order valence-electron chi connectivity index (χ3n) is 2.77. The lowest BCUT2D eigenvalue weighted by Gasteiger charge is -2.29. The summed E-state index contributed by atoms with van der Waals surface area (Å²) < 4.78 is 18.7. The van der Waals surface area contributed by atoms with E-state index < -0.39 is 0 Å². The van der Waals surface area contributed by atoms with E-state index in [0.29, 0.717) is 5.92 Å². The molecule has 0 bridgehead atoms. The van der Waals surface area contributed by atoms with Crippen molar-refractivity contribution in [2.45, 2.75) is 32.9 Å². The van der Waals surface area contributed by atoms with Crippen molar-refractivity contribution in [3.05, 3.63) is 29.8 Å². The lowest BCUT2D eigenvalue weighted by molar-refractivity contribution is 0.0329. The molecule has 0 aromatic carbocycles. The molecule has 1 N–H and O–H groups in total. The largest absolute Gasteiger partial charge is 0.379 e. The third-order valence-corrected chi connectivity index (χ3v) is 2.77. The van der Waals surface area contributed by atoms with Gasteiger partial charge in [0.05, 0.1) is 18.3 Å². The Balaban J connectivity index is 2.98. The molecule has 0 aliphatic heterocycles. The fourth-order valence-electron chi connectivity index (χ4n) is 2.04. The summed E-state index contributed by atoms with van der Waals surface area (Å²) >= 11 is 0. The molecule has 17 heavy (non-hydrogen) atoms. The summed E-state index contributed by atoms with van der Waals surface area (Å²) in [5.74, 6) is 0.0244. The molecule has 1 heterocycles. The molecule has 0 spiro atoms. The van der Waals surface area contributed by atoms with Crippen LogP contribution in [-0.4, -0.2) is 24.7 Å². The van der Waals surface area contributed by atoms with Gasteiger partial charge in [-0.3, -0.25) is 4.98 Å². The van der Waals surface area contributed by atoms with Gasteiger partial charge >= 0.3 is 0 Å². The average Bonchev–Trinajstić information content (AvgIpc) is 2.28. The molecule has 1 aromatic rings. The molecule has 0 amide bonds. The SMILES string of the molecule is CCNC(c1cncc(F)c1)C(OC)C(C)C. The fourth-order valence-corrected chi connectivity index (χ4v) is 2.04. The molecule has 1 aromatic heterocycles. The predicted molar refractivity (Wildman–Crippen MR) is 66.2 cm³/mol. The van der Waals surface area contributed by atoms with Gasteiger partial charge in [-0.05, 0) is 24.1 Å².